The SMILES string of the molecule is C1=CCC(c2ccc(-c3nc(-c4ccc(-c5ccc6sc(-c7ccccc7)cc6c5)cc4)cc(-c4ccc(-c5nc6ccccc6o5)cc4)n3)cc2)C=C1. The number of hydrogen-bond donors (Lipinski definition) is 0. The van der Waals surface area contributed by atoms with Crippen LogP contribution in [0.15, 0.2) is 186 Å². The van der Waals surface area contributed by atoms with E-state index < -0.39 is 0 Å². The van der Waals surface area contributed by atoms with Crippen LogP contribution in [0.5, 0.6) is 0 Å². The Hall–Kier alpha value is -6.69. The Labute approximate surface area is 317 Å². The molecule has 6 aromatic carbocycles. The largest absolute Gasteiger partial charge is 0.436 e. The summed E-state index contributed by atoms with van der Waals surface area (Å²) in [6.45, 7) is 0. The number of oxazole rings is 1. The van der Waals surface area contributed by atoms with Crippen LogP contribution >= 0.6 is 11.3 Å². The lowest BCUT2D eigenvalue weighted by atomic mass is 9.92. The number of rotatable bonds is 7. The molecule has 256 valence electrons. The Morgan fingerprint density at radius 1 is 0.519 bits per heavy atom. The predicted octanol–water partition coefficient (Wildman–Crippen LogP) is 13.4. The molecule has 1 unspecified atom stereocenters. The van der Waals surface area contributed by atoms with Crippen molar-refractivity contribution in [3.05, 3.63) is 188 Å². The van der Waals surface area contributed by atoms with Gasteiger partial charge in [0.05, 0.1) is 11.4 Å². The smallest absolute Gasteiger partial charge is 0.227 e. The molecule has 54 heavy (non-hydrogen) atoms. The predicted molar refractivity (Wildman–Crippen MR) is 223 cm³/mol. The van der Waals surface area contributed by atoms with E-state index in [4.69, 9.17) is 19.4 Å². The van der Waals surface area contributed by atoms with Crippen LogP contribution in [0.1, 0.15) is 17.9 Å². The zero-order chi connectivity index (χ0) is 35.8. The summed E-state index contributed by atoms with van der Waals surface area (Å²) < 4.78 is 7.33. The van der Waals surface area contributed by atoms with E-state index in [0.717, 1.165) is 51.2 Å². The molecule has 0 fully saturated rings. The van der Waals surface area contributed by atoms with Crippen LogP contribution < -0.4 is 0 Å². The van der Waals surface area contributed by atoms with Gasteiger partial charge in [0.25, 0.3) is 0 Å². The molecular weight excluding hydrogens is 679 g/mol. The Morgan fingerprint density at radius 2 is 1.19 bits per heavy atom. The minimum absolute atomic E-state index is 0.386. The van der Waals surface area contributed by atoms with Gasteiger partial charge in [-0.3, -0.25) is 0 Å². The fourth-order valence-corrected chi connectivity index (χ4v) is 8.21. The van der Waals surface area contributed by atoms with Gasteiger partial charge in [0, 0.05) is 37.7 Å². The molecule has 0 aliphatic heterocycles. The van der Waals surface area contributed by atoms with Crippen LogP contribution in [0.4, 0.5) is 0 Å². The van der Waals surface area contributed by atoms with Gasteiger partial charge in [-0.05, 0) is 82.6 Å². The molecular formula is C49H33N3OS. The van der Waals surface area contributed by atoms with Gasteiger partial charge in [-0.2, -0.15) is 0 Å². The van der Waals surface area contributed by atoms with Crippen molar-refractivity contribution in [3.8, 4) is 66.9 Å². The van der Waals surface area contributed by atoms with Crippen molar-refractivity contribution in [3.63, 3.8) is 0 Å². The molecule has 0 N–H and O–H groups in total. The van der Waals surface area contributed by atoms with Gasteiger partial charge >= 0.3 is 0 Å². The van der Waals surface area contributed by atoms with Gasteiger partial charge in [-0.15, -0.1) is 11.3 Å². The lowest BCUT2D eigenvalue weighted by Crippen LogP contribution is -1.98. The molecule has 1 aliphatic carbocycles. The summed E-state index contributed by atoms with van der Waals surface area (Å²) in [5, 5.41) is 1.26. The summed E-state index contributed by atoms with van der Waals surface area (Å²) in [6.07, 6.45) is 9.74. The fourth-order valence-electron chi connectivity index (χ4n) is 7.16. The van der Waals surface area contributed by atoms with Crippen molar-refractivity contribution < 1.29 is 4.42 Å². The van der Waals surface area contributed by atoms with E-state index in [9.17, 15) is 0 Å². The Morgan fingerprint density at radius 3 is 1.91 bits per heavy atom. The first-order chi connectivity index (χ1) is 26.7. The van der Waals surface area contributed by atoms with Crippen molar-refractivity contribution in [2.45, 2.75) is 12.3 Å². The number of fused-ring (bicyclic) bond motifs is 2. The third-order valence-electron chi connectivity index (χ3n) is 10.1. The molecule has 0 saturated carbocycles. The first kappa shape index (κ1) is 32.0. The molecule has 3 aromatic heterocycles. The van der Waals surface area contributed by atoms with Crippen LogP contribution in [0, 0.1) is 0 Å². The summed E-state index contributed by atoms with van der Waals surface area (Å²) in [5.41, 5.74) is 12.2. The van der Waals surface area contributed by atoms with E-state index in [-0.39, 0.29) is 0 Å². The van der Waals surface area contributed by atoms with Gasteiger partial charge in [-0.1, -0.05) is 133 Å². The number of para-hydroxylation sites is 2. The summed E-state index contributed by atoms with van der Waals surface area (Å²) >= 11 is 1.83. The number of hydrogen-bond acceptors (Lipinski definition) is 5. The van der Waals surface area contributed by atoms with Crippen LogP contribution in [-0.4, -0.2) is 15.0 Å². The molecule has 1 aliphatic rings. The molecule has 10 rings (SSSR count). The third-order valence-corrected chi connectivity index (χ3v) is 11.3. The van der Waals surface area contributed by atoms with Gasteiger partial charge in [0.15, 0.2) is 11.4 Å². The topological polar surface area (TPSA) is 51.8 Å². The monoisotopic (exact) mass is 711 g/mol. The number of aromatic nitrogens is 3. The average Bonchev–Trinajstić information content (AvgIpc) is 3.89. The summed E-state index contributed by atoms with van der Waals surface area (Å²) in [4.78, 5) is 16.2. The van der Waals surface area contributed by atoms with Gasteiger partial charge < -0.3 is 4.42 Å². The molecule has 0 saturated heterocycles. The van der Waals surface area contributed by atoms with Crippen molar-refractivity contribution in [2.75, 3.05) is 0 Å². The number of benzene rings is 6. The van der Waals surface area contributed by atoms with Crippen LogP contribution in [0.2, 0.25) is 0 Å². The van der Waals surface area contributed by atoms with Crippen molar-refractivity contribution >= 4 is 32.5 Å². The summed E-state index contributed by atoms with van der Waals surface area (Å²) in [6, 6.07) is 55.2. The average molecular weight is 712 g/mol. The highest BCUT2D eigenvalue weighted by Crippen LogP contribution is 2.37. The molecule has 4 nitrogen and oxygen atoms in total. The molecule has 0 amide bonds. The van der Waals surface area contributed by atoms with E-state index in [1.807, 2.05) is 47.7 Å². The zero-order valence-corrected chi connectivity index (χ0v) is 30.1. The number of nitrogens with zero attached hydrogens (tertiary/aromatic N) is 3. The van der Waals surface area contributed by atoms with Crippen molar-refractivity contribution in [1.82, 2.24) is 15.0 Å². The van der Waals surface area contributed by atoms with Crippen molar-refractivity contribution in [1.29, 1.82) is 0 Å². The standard InChI is InChI=1S/C49H33N3OS/c1-3-9-32(10-4-1)33-17-23-38(24-18-33)48-50-43(31-44(51-48)36-21-25-39(26-22-36)49-52-42-13-7-8-14-45(42)53-49)35-19-15-34(16-20-35)40-27-28-46-41(29-40)30-47(54-46)37-11-5-2-6-12-37/h1-9,11-32H,10H2. The first-order valence-corrected chi connectivity index (χ1v) is 19.0. The van der Waals surface area contributed by atoms with Crippen LogP contribution in [0.25, 0.3) is 88.1 Å². The van der Waals surface area contributed by atoms with Crippen LogP contribution in [-0.2, 0) is 0 Å². The maximum absolute atomic E-state index is 6.04. The Balaban J connectivity index is 0.993. The van der Waals surface area contributed by atoms with Crippen molar-refractivity contribution in [2.24, 2.45) is 0 Å². The lowest BCUT2D eigenvalue weighted by molar-refractivity contribution is 0.620. The Kier molecular flexibility index (Phi) is 8.12. The van der Waals surface area contributed by atoms with E-state index in [0.29, 0.717) is 17.6 Å². The Bertz CT molecular complexity index is 2800. The van der Waals surface area contributed by atoms with Crippen LogP contribution in [0.3, 0.4) is 0 Å². The zero-order valence-electron chi connectivity index (χ0n) is 29.3. The molecule has 9 aromatic rings. The second kappa shape index (κ2) is 13.7. The maximum atomic E-state index is 6.04. The molecule has 0 radical (unpaired) electrons. The van der Waals surface area contributed by atoms with Gasteiger partial charge in [-0.25, -0.2) is 15.0 Å². The highest BCUT2D eigenvalue weighted by molar-refractivity contribution is 7.22. The molecule has 1 atom stereocenters. The number of thiophene rings is 1. The summed E-state index contributed by atoms with van der Waals surface area (Å²) in [7, 11) is 0. The highest BCUT2D eigenvalue weighted by Gasteiger charge is 2.15. The van der Waals surface area contributed by atoms with E-state index in [1.165, 1.54) is 37.2 Å². The minimum atomic E-state index is 0.386. The van der Waals surface area contributed by atoms with Gasteiger partial charge in [0.2, 0.25) is 5.89 Å². The summed E-state index contributed by atoms with van der Waals surface area (Å²) in [5.74, 6) is 1.68. The second-order valence-corrected chi connectivity index (χ2v) is 14.7. The molecule has 0 spiro atoms. The first-order valence-electron chi connectivity index (χ1n) is 18.2. The van der Waals surface area contributed by atoms with E-state index >= 15 is 0 Å². The normalized spacial score (nSPS) is 13.9. The molecule has 3 heterocycles. The second-order valence-electron chi connectivity index (χ2n) is 13.6. The molecule has 0 bridgehead atoms. The highest BCUT2D eigenvalue weighted by atomic mass is 32.1. The van der Waals surface area contributed by atoms with E-state index in [2.05, 4.69) is 146 Å². The molecule has 5 heteroatoms. The third kappa shape index (κ3) is 6.25. The minimum Gasteiger partial charge on any atom is -0.436 e. The quantitative estimate of drug-likeness (QED) is 0.165. The van der Waals surface area contributed by atoms with Gasteiger partial charge in [0.1, 0.15) is 5.52 Å². The number of allylic oxidation sites excluding steroid dienone is 4. The van der Waals surface area contributed by atoms with E-state index in [1.54, 1.807) is 0 Å². The fraction of sp³-hybridized carbons (Fsp3) is 0.0408. The maximum Gasteiger partial charge on any atom is 0.227 e. The lowest BCUT2D eigenvalue weighted by Gasteiger charge is -2.14.